The van der Waals surface area contributed by atoms with Gasteiger partial charge in [0.25, 0.3) is 0 Å². The fourth-order valence-electron chi connectivity index (χ4n) is 6.14. The van der Waals surface area contributed by atoms with E-state index in [1.807, 2.05) is 17.4 Å². The summed E-state index contributed by atoms with van der Waals surface area (Å²) in [7, 11) is 3.30. The SMILES string of the molecule is COc1ccc([C@@]23CC[C@@H](NC(=O)Nc4ccc(F)c(F)c4)C[C@@H]2N(Cc2ccc(C)s2)CC3)cc1OC. The minimum atomic E-state index is -0.995. The highest BCUT2D eigenvalue weighted by Crippen LogP contribution is 2.51. The van der Waals surface area contributed by atoms with Gasteiger partial charge in [0.1, 0.15) is 0 Å². The monoisotopic (exact) mass is 541 g/mol. The van der Waals surface area contributed by atoms with E-state index >= 15 is 0 Å². The van der Waals surface area contributed by atoms with Crippen molar-refractivity contribution in [2.75, 3.05) is 26.1 Å². The molecule has 2 aromatic carbocycles. The van der Waals surface area contributed by atoms with Crippen molar-refractivity contribution in [2.24, 2.45) is 0 Å². The molecule has 9 heteroatoms. The van der Waals surface area contributed by atoms with Crippen LogP contribution in [-0.2, 0) is 12.0 Å². The number of aryl methyl sites for hydroxylation is 1. The van der Waals surface area contributed by atoms with Gasteiger partial charge in [-0.15, -0.1) is 11.3 Å². The molecule has 1 saturated carbocycles. The van der Waals surface area contributed by atoms with Crippen LogP contribution in [-0.4, -0.2) is 43.8 Å². The van der Waals surface area contributed by atoms with Crippen molar-refractivity contribution in [3.63, 3.8) is 0 Å². The van der Waals surface area contributed by atoms with Crippen LogP contribution < -0.4 is 20.1 Å². The van der Waals surface area contributed by atoms with Gasteiger partial charge in [0, 0.05) is 45.6 Å². The standard InChI is InChI=1S/C29H33F2N3O3S/c1-18-4-7-22(38-18)17-34-13-12-29(19-5-9-25(36-2)26(14-19)37-3)11-10-21(16-27(29)34)33-28(35)32-20-6-8-23(30)24(31)15-20/h4-9,14-15,21,27H,10-13,16-17H2,1-3H3,(H2,32,33,35)/t21-,27+,29+/m1/s1. The molecular formula is C29H33F2N3O3S. The lowest BCUT2D eigenvalue weighted by Gasteiger charge is -2.45. The molecule has 5 rings (SSSR count). The van der Waals surface area contributed by atoms with Gasteiger partial charge in [-0.2, -0.15) is 0 Å². The molecule has 202 valence electrons. The van der Waals surface area contributed by atoms with Crippen molar-refractivity contribution in [1.29, 1.82) is 0 Å². The first-order chi connectivity index (χ1) is 18.3. The number of ether oxygens (including phenoxy) is 2. The highest BCUT2D eigenvalue weighted by Gasteiger charge is 2.51. The molecule has 2 heterocycles. The highest BCUT2D eigenvalue weighted by molar-refractivity contribution is 7.11. The Bertz CT molecular complexity index is 1320. The molecule has 1 aromatic heterocycles. The summed E-state index contributed by atoms with van der Waals surface area (Å²) in [5, 5.41) is 5.72. The minimum Gasteiger partial charge on any atom is -0.493 e. The normalized spacial score (nSPS) is 23.1. The Kier molecular flexibility index (Phi) is 7.59. The second-order valence-electron chi connectivity index (χ2n) is 10.2. The largest absolute Gasteiger partial charge is 0.493 e. The molecule has 2 amide bonds. The summed E-state index contributed by atoms with van der Waals surface area (Å²) in [4.78, 5) is 17.9. The van der Waals surface area contributed by atoms with Crippen molar-refractivity contribution < 1.29 is 23.0 Å². The predicted molar refractivity (Wildman–Crippen MR) is 145 cm³/mol. The molecule has 1 aliphatic heterocycles. The van der Waals surface area contributed by atoms with E-state index in [1.165, 1.54) is 21.4 Å². The summed E-state index contributed by atoms with van der Waals surface area (Å²) in [6.07, 6.45) is 3.51. The fourth-order valence-corrected chi connectivity index (χ4v) is 7.06. The summed E-state index contributed by atoms with van der Waals surface area (Å²) in [5.41, 5.74) is 1.38. The van der Waals surface area contributed by atoms with Gasteiger partial charge in [0.05, 0.1) is 14.2 Å². The van der Waals surface area contributed by atoms with E-state index in [-0.39, 0.29) is 23.2 Å². The highest BCUT2D eigenvalue weighted by atomic mass is 32.1. The molecule has 6 nitrogen and oxygen atoms in total. The fraction of sp³-hybridized carbons (Fsp3) is 0.414. The Morgan fingerprint density at radius 2 is 1.87 bits per heavy atom. The Morgan fingerprint density at radius 1 is 1.05 bits per heavy atom. The number of hydrogen-bond donors (Lipinski definition) is 2. The van der Waals surface area contributed by atoms with E-state index in [4.69, 9.17) is 9.47 Å². The molecule has 3 aromatic rings. The van der Waals surface area contributed by atoms with Crippen LogP contribution in [0, 0.1) is 18.6 Å². The van der Waals surface area contributed by atoms with Gasteiger partial charge in [-0.3, -0.25) is 4.90 Å². The lowest BCUT2D eigenvalue weighted by Crippen LogP contribution is -2.52. The zero-order valence-electron chi connectivity index (χ0n) is 21.9. The molecule has 1 aliphatic carbocycles. The number of carbonyl (C=O) groups is 1. The maximum atomic E-state index is 13.6. The average Bonchev–Trinajstić information content (AvgIpc) is 3.49. The second kappa shape index (κ2) is 10.9. The Hall–Kier alpha value is -3.17. The number of likely N-dealkylation sites (tertiary alicyclic amines) is 1. The zero-order valence-corrected chi connectivity index (χ0v) is 22.7. The van der Waals surface area contributed by atoms with Crippen molar-refractivity contribution in [3.8, 4) is 11.5 Å². The van der Waals surface area contributed by atoms with Crippen LogP contribution in [0.15, 0.2) is 48.5 Å². The molecule has 1 saturated heterocycles. The first-order valence-corrected chi connectivity index (χ1v) is 13.7. The van der Waals surface area contributed by atoms with Crippen LogP contribution in [0.1, 0.15) is 41.0 Å². The second-order valence-corrected chi connectivity index (χ2v) is 11.5. The van der Waals surface area contributed by atoms with Gasteiger partial charge in [0.2, 0.25) is 0 Å². The number of methoxy groups -OCH3 is 2. The van der Waals surface area contributed by atoms with Gasteiger partial charge >= 0.3 is 6.03 Å². The molecule has 3 atom stereocenters. The van der Waals surface area contributed by atoms with Crippen molar-refractivity contribution in [3.05, 3.63) is 75.5 Å². The number of fused-ring (bicyclic) bond motifs is 1. The van der Waals surface area contributed by atoms with Crippen molar-refractivity contribution in [1.82, 2.24) is 10.2 Å². The van der Waals surface area contributed by atoms with E-state index in [0.29, 0.717) is 5.75 Å². The maximum absolute atomic E-state index is 13.6. The van der Waals surface area contributed by atoms with Crippen LogP contribution in [0.5, 0.6) is 11.5 Å². The molecule has 38 heavy (non-hydrogen) atoms. The summed E-state index contributed by atoms with van der Waals surface area (Å²) < 4.78 is 38.0. The number of benzene rings is 2. The van der Waals surface area contributed by atoms with Crippen molar-refractivity contribution >= 4 is 23.1 Å². The number of carbonyl (C=O) groups excluding carboxylic acids is 1. The molecule has 2 N–H and O–H groups in total. The smallest absolute Gasteiger partial charge is 0.319 e. The van der Waals surface area contributed by atoms with E-state index in [9.17, 15) is 13.6 Å². The summed E-state index contributed by atoms with van der Waals surface area (Å²) in [5.74, 6) is -0.517. The summed E-state index contributed by atoms with van der Waals surface area (Å²) in [6.45, 7) is 3.95. The number of urea groups is 1. The molecule has 0 radical (unpaired) electrons. The van der Waals surface area contributed by atoms with Crippen LogP contribution in [0.2, 0.25) is 0 Å². The molecular weight excluding hydrogens is 508 g/mol. The number of thiophene rings is 1. The topological polar surface area (TPSA) is 62.8 Å². The first kappa shape index (κ1) is 26.4. The third-order valence-electron chi connectivity index (χ3n) is 8.00. The first-order valence-electron chi connectivity index (χ1n) is 12.9. The van der Waals surface area contributed by atoms with Crippen LogP contribution in [0.4, 0.5) is 19.3 Å². The van der Waals surface area contributed by atoms with Crippen LogP contribution >= 0.6 is 11.3 Å². The summed E-state index contributed by atoms with van der Waals surface area (Å²) >= 11 is 1.82. The Labute approximate surface area is 225 Å². The van der Waals surface area contributed by atoms with Crippen molar-refractivity contribution in [2.45, 2.75) is 56.7 Å². The molecule has 2 aliphatic rings. The van der Waals surface area contributed by atoms with Gasteiger partial charge in [-0.05, 0) is 81.1 Å². The quantitative estimate of drug-likeness (QED) is 0.372. The van der Waals surface area contributed by atoms with E-state index in [0.717, 1.165) is 56.7 Å². The number of halogens is 2. The number of anilines is 1. The molecule has 0 spiro atoms. The lowest BCUT2D eigenvalue weighted by atomic mass is 9.65. The third-order valence-corrected chi connectivity index (χ3v) is 8.98. The number of rotatable bonds is 7. The third kappa shape index (κ3) is 5.22. The van der Waals surface area contributed by atoms with E-state index < -0.39 is 17.7 Å². The average molecular weight is 542 g/mol. The molecule has 0 bridgehead atoms. The molecule has 2 fully saturated rings. The lowest BCUT2D eigenvalue weighted by molar-refractivity contribution is 0.132. The van der Waals surface area contributed by atoms with Gasteiger partial charge in [-0.1, -0.05) is 6.07 Å². The number of hydrogen-bond acceptors (Lipinski definition) is 5. The van der Waals surface area contributed by atoms with E-state index in [2.05, 4.69) is 46.7 Å². The van der Waals surface area contributed by atoms with Crippen LogP contribution in [0.25, 0.3) is 0 Å². The minimum absolute atomic E-state index is 0.0516. The molecule has 0 unspecified atom stereocenters. The van der Waals surface area contributed by atoms with Crippen LogP contribution in [0.3, 0.4) is 0 Å². The number of amides is 2. The predicted octanol–water partition coefficient (Wildman–Crippen LogP) is 6.24. The Balaban J connectivity index is 1.37. The van der Waals surface area contributed by atoms with Gasteiger partial charge in [0.15, 0.2) is 23.1 Å². The summed E-state index contributed by atoms with van der Waals surface area (Å²) in [6, 6.07) is 13.7. The van der Waals surface area contributed by atoms with E-state index in [1.54, 1.807) is 14.2 Å². The Morgan fingerprint density at radius 3 is 2.58 bits per heavy atom. The number of nitrogens with one attached hydrogen (secondary N) is 2. The van der Waals surface area contributed by atoms with Gasteiger partial charge in [-0.25, -0.2) is 13.6 Å². The zero-order chi connectivity index (χ0) is 26.9. The number of nitrogens with zero attached hydrogens (tertiary/aromatic N) is 1. The van der Waals surface area contributed by atoms with Gasteiger partial charge < -0.3 is 20.1 Å². The maximum Gasteiger partial charge on any atom is 0.319 e.